The first-order chi connectivity index (χ1) is 8.56. The van der Waals surface area contributed by atoms with E-state index in [0.29, 0.717) is 17.5 Å². The van der Waals surface area contributed by atoms with Crippen LogP contribution in [0.25, 0.3) is 0 Å². The Labute approximate surface area is 106 Å². The minimum atomic E-state index is -0.901. The largest absolute Gasteiger partial charge is 0.503 e. The van der Waals surface area contributed by atoms with Gasteiger partial charge < -0.3 is 10.4 Å². The third-order valence-electron chi connectivity index (χ3n) is 3.64. The minimum Gasteiger partial charge on any atom is -0.503 e. The number of benzene rings is 1. The van der Waals surface area contributed by atoms with Crippen LogP contribution in [-0.4, -0.2) is 11.7 Å². The van der Waals surface area contributed by atoms with Crippen LogP contribution < -0.4 is 5.32 Å². The first kappa shape index (κ1) is 13.3. The number of hydrogen-bond acceptors (Lipinski definition) is 2. The predicted octanol–water partition coefficient (Wildman–Crippen LogP) is 3.34. The third-order valence-corrected chi connectivity index (χ3v) is 3.64. The molecule has 1 aromatic rings. The van der Waals surface area contributed by atoms with Gasteiger partial charge in [0.05, 0.1) is 0 Å². The third kappa shape index (κ3) is 2.99. The van der Waals surface area contributed by atoms with E-state index < -0.39 is 17.4 Å². The summed E-state index contributed by atoms with van der Waals surface area (Å²) in [6.07, 6.45) is 4.86. The summed E-state index contributed by atoms with van der Waals surface area (Å²) >= 11 is 0. The molecule has 0 aromatic heterocycles. The lowest BCUT2D eigenvalue weighted by molar-refractivity contribution is 0.393. The average molecular weight is 255 g/mol. The number of phenolic OH excluding ortho intramolecular Hbond substituents is 1. The second kappa shape index (κ2) is 5.22. The van der Waals surface area contributed by atoms with Crippen LogP contribution in [0.2, 0.25) is 0 Å². The molecule has 0 atom stereocenters. The Morgan fingerprint density at radius 3 is 2.39 bits per heavy atom. The second-order valence-corrected chi connectivity index (χ2v) is 5.26. The van der Waals surface area contributed by atoms with E-state index in [1.165, 1.54) is 37.8 Å². The first-order valence-electron chi connectivity index (χ1n) is 6.44. The molecular weight excluding hydrogens is 236 g/mol. The summed E-state index contributed by atoms with van der Waals surface area (Å²) in [4.78, 5) is 0. The molecule has 0 amide bonds. The maximum Gasteiger partial charge on any atom is 0.187 e. The van der Waals surface area contributed by atoms with Gasteiger partial charge >= 0.3 is 0 Å². The number of halogens is 2. The van der Waals surface area contributed by atoms with E-state index in [1.807, 2.05) is 0 Å². The molecule has 1 aliphatic carbocycles. The molecular formula is C14H19F2NO. The van der Waals surface area contributed by atoms with Crippen LogP contribution in [0.1, 0.15) is 38.2 Å². The van der Waals surface area contributed by atoms with Crippen LogP contribution in [-0.2, 0) is 6.54 Å². The summed E-state index contributed by atoms with van der Waals surface area (Å²) in [5, 5.41) is 12.2. The summed E-state index contributed by atoms with van der Waals surface area (Å²) in [6, 6.07) is 2.34. The highest BCUT2D eigenvalue weighted by atomic mass is 19.1. The lowest BCUT2D eigenvalue weighted by atomic mass is 10.0. The molecule has 2 nitrogen and oxygen atoms in total. The molecule has 0 saturated heterocycles. The fourth-order valence-electron chi connectivity index (χ4n) is 2.41. The topological polar surface area (TPSA) is 32.3 Å². The van der Waals surface area contributed by atoms with E-state index in [-0.39, 0.29) is 0 Å². The number of nitrogens with one attached hydrogen (secondary N) is 1. The summed E-state index contributed by atoms with van der Waals surface area (Å²) < 4.78 is 26.2. The van der Waals surface area contributed by atoms with Crippen molar-refractivity contribution in [2.24, 2.45) is 5.41 Å². The summed E-state index contributed by atoms with van der Waals surface area (Å²) in [5.41, 5.74) is 0.943. The van der Waals surface area contributed by atoms with Gasteiger partial charge in [0, 0.05) is 13.1 Å². The van der Waals surface area contributed by atoms with Gasteiger partial charge in [-0.25, -0.2) is 8.78 Å². The van der Waals surface area contributed by atoms with E-state index >= 15 is 0 Å². The maximum atomic E-state index is 13.1. The molecule has 0 aliphatic heterocycles. The first-order valence-corrected chi connectivity index (χ1v) is 6.44. The quantitative estimate of drug-likeness (QED) is 0.817. The monoisotopic (exact) mass is 255 g/mol. The number of rotatable bonds is 6. The van der Waals surface area contributed by atoms with Crippen LogP contribution in [0.4, 0.5) is 8.78 Å². The van der Waals surface area contributed by atoms with Crippen molar-refractivity contribution < 1.29 is 13.9 Å². The molecule has 0 heterocycles. The average Bonchev–Trinajstić information content (AvgIpc) is 3.06. The van der Waals surface area contributed by atoms with Crippen molar-refractivity contribution in [3.05, 3.63) is 29.3 Å². The van der Waals surface area contributed by atoms with Gasteiger partial charge in [-0.15, -0.1) is 0 Å². The van der Waals surface area contributed by atoms with Crippen LogP contribution in [0.5, 0.6) is 5.75 Å². The Morgan fingerprint density at radius 1 is 1.28 bits per heavy atom. The van der Waals surface area contributed by atoms with Crippen LogP contribution in [0.15, 0.2) is 12.1 Å². The Kier molecular flexibility index (Phi) is 3.85. The zero-order chi connectivity index (χ0) is 13.2. The highest BCUT2D eigenvalue weighted by Crippen LogP contribution is 2.48. The van der Waals surface area contributed by atoms with Gasteiger partial charge in [-0.05, 0) is 42.4 Å². The van der Waals surface area contributed by atoms with Crippen molar-refractivity contribution in [2.75, 3.05) is 6.54 Å². The molecule has 1 saturated carbocycles. The van der Waals surface area contributed by atoms with E-state index in [4.69, 9.17) is 5.11 Å². The molecule has 4 heteroatoms. The molecule has 1 aliphatic rings. The smallest absolute Gasteiger partial charge is 0.187 e. The predicted molar refractivity (Wildman–Crippen MR) is 66.3 cm³/mol. The fraction of sp³-hybridized carbons (Fsp3) is 0.571. The van der Waals surface area contributed by atoms with Gasteiger partial charge in [-0.3, -0.25) is 0 Å². The van der Waals surface area contributed by atoms with Crippen molar-refractivity contribution in [1.29, 1.82) is 0 Å². The Bertz CT molecular complexity index is 407. The van der Waals surface area contributed by atoms with E-state index in [1.54, 1.807) is 0 Å². The molecule has 2 rings (SSSR count). The van der Waals surface area contributed by atoms with Gasteiger partial charge in [-0.1, -0.05) is 13.3 Å². The van der Waals surface area contributed by atoms with Crippen molar-refractivity contribution >= 4 is 0 Å². The Morgan fingerprint density at radius 2 is 1.89 bits per heavy atom. The van der Waals surface area contributed by atoms with Crippen molar-refractivity contribution in [3.63, 3.8) is 0 Å². The van der Waals surface area contributed by atoms with Gasteiger partial charge in [-0.2, -0.15) is 0 Å². The minimum absolute atomic E-state index is 0.419. The second-order valence-electron chi connectivity index (χ2n) is 5.26. The van der Waals surface area contributed by atoms with Crippen molar-refractivity contribution in [1.82, 2.24) is 5.32 Å². The van der Waals surface area contributed by atoms with E-state index in [2.05, 4.69) is 12.2 Å². The lowest BCUT2D eigenvalue weighted by Crippen LogP contribution is -2.23. The van der Waals surface area contributed by atoms with Gasteiger partial charge in [0.25, 0.3) is 0 Å². The van der Waals surface area contributed by atoms with Gasteiger partial charge in [0.1, 0.15) is 0 Å². The molecule has 100 valence electrons. The van der Waals surface area contributed by atoms with E-state index in [9.17, 15) is 8.78 Å². The molecule has 0 unspecified atom stereocenters. The Balaban J connectivity index is 1.87. The van der Waals surface area contributed by atoms with Crippen molar-refractivity contribution in [2.45, 2.75) is 39.2 Å². The zero-order valence-electron chi connectivity index (χ0n) is 10.6. The SMILES string of the molecule is CCCC1(CNCc2cc(F)c(O)c(F)c2)CC1. The number of phenols is 1. The summed E-state index contributed by atoms with van der Waals surface area (Å²) in [7, 11) is 0. The molecule has 0 bridgehead atoms. The van der Waals surface area contributed by atoms with Gasteiger partial charge in [0.2, 0.25) is 0 Å². The molecule has 1 fully saturated rings. The molecule has 1 aromatic carbocycles. The standard InChI is InChI=1S/C14H19F2NO/c1-2-3-14(4-5-14)9-17-8-10-6-11(15)13(18)12(16)7-10/h6-7,17-18H,2-5,8-9H2,1H3. The van der Waals surface area contributed by atoms with Crippen molar-refractivity contribution in [3.8, 4) is 5.75 Å². The fourth-order valence-corrected chi connectivity index (χ4v) is 2.41. The van der Waals surface area contributed by atoms with Crippen LogP contribution in [0, 0.1) is 17.0 Å². The maximum absolute atomic E-state index is 13.1. The zero-order valence-corrected chi connectivity index (χ0v) is 10.6. The summed E-state index contributed by atoms with van der Waals surface area (Å²) in [5.74, 6) is -2.70. The number of hydrogen-bond donors (Lipinski definition) is 2. The van der Waals surface area contributed by atoms with E-state index in [0.717, 1.165) is 6.54 Å². The normalized spacial score (nSPS) is 16.8. The summed E-state index contributed by atoms with van der Waals surface area (Å²) in [6.45, 7) is 3.50. The van der Waals surface area contributed by atoms with Crippen LogP contribution >= 0.6 is 0 Å². The highest BCUT2D eigenvalue weighted by Gasteiger charge is 2.40. The lowest BCUT2D eigenvalue weighted by Gasteiger charge is -2.15. The molecule has 2 N–H and O–H groups in total. The molecule has 18 heavy (non-hydrogen) atoms. The number of aromatic hydroxyl groups is 1. The van der Waals surface area contributed by atoms with Gasteiger partial charge in [0.15, 0.2) is 17.4 Å². The Hall–Kier alpha value is -1.16. The molecule has 0 spiro atoms. The van der Waals surface area contributed by atoms with Crippen LogP contribution in [0.3, 0.4) is 0 Å². The molecule has 0 radical (unpaired) electrons. The highest BCUT2D eigenvalue weighted by molar-refractivity contribution is 5.29.